The van der Waals surface area contributed by atoms with Crippen molar-refractivity contribution in [1.29, 1.82) is 0 Å². The molecule has 0 aliphatic heterocycles. The van der Waals surface area contributed by atoms with Crippen LogP contribution in [0.25, 0.3) is 0 Å². The number of halogens is 1. The topological polar surface area (TPSA) is 12.0 Å². The Morgan fingerprint density at radius 3 is 2.53 bits per heavy atom. The molecule has 1 atom stereocenters. The molecule has 0 aliphatic rings. The molecule has 0 heterocycles. The Morgan fingerprint density at radius 2 is 2.00 bits per heavy atom. The van der Waals surface area contributed by atoms with E-state index in [1.54, 1.807) is 0 Å². The van der Waals surface area contributed by atoms with Crippen LogP contribution in [0.2, 0.25) is 5.02 Å². The van der Waals surface area contributed by atoms with Gasteiger partial charge in [-0.2, -0.15) is 0 Å². The van der Waals surface area contributed by atoms with Crippen LogP contribution in [0.3, 0.4) is 0 Å². The number of benzene rings is 1. The Balaban J connectivity index is 2.71. The fraction of sp³-hybridized carbons (Fsp3) is 0.600. The highest BCUT2D eigenvalue weighted by atomic mass is 35.5. The smallest absolute Gasteiger partial charge is 0.0408 e. The SMILES string of the molecule is CNCC(CCC(C)(C)C)c1cccc(Cl)c1. The second-order valence-corrected chi connectivity index (χ2v) is 6.35. The van der Waals surface area contributed by atoms with Crippen LogP contribution in [0.5, 0.6) is 0 Å². The predicted molar refractivity (Wildman–Crippen MR) is 76.8 cm³/mol. The number of hydrogen-bond donors (Lipinski definition) is 1. The van der Waals surface area contributed by atoms with Crippen LogP contribution in [-0.4, -0.2) is 13.6 Å². The van der Waals surface area contributed by atoms with E-state index in [1.807, 2.05) is 19.2 Å². The Morgan fingerprint density at radius 1 is 1.29 bits per heavy atom. The molecule has 0 saturated carbocycles. The first-order valence-electron chi connectivity index (χ1n) is 6.32. The summed E-state index contributed by atoms with van der Waals surface area (Å²) in [6, 6.07) is 8.24. The Kier molecular flexibility index (Phi) is 5.48. The molecule has 17 heavy (non-hydrogen) atoms. The molecule has 2 heteroatoms. The second-order valence-electron chi connectivity index (χ2n) is 5.91. The summed E-state index contributed by atoms with van der Waals surface area (Å²) in [5.74, 6) is 0.554. The van der Waals surface area contributed by atoms with E-state index in [1.165, 1.54) is 18.4 Å². The summed E-state index contributed by atoms with van der Waals surface area (Å²) in [4.78, 5) is 0. The van der Waals surface area contributed by atoms with Gasteiger partial charge in [-0.3, -0.25) is 0 Å². The largest absolute Gasteiger partial charge is 0.319 e. The lowest BCUT2D eigenvalue weighted by Gasteiger charge is -2.23. The molecule has 0 fully saturated rings. The number of rotatable bonds is 5. The van der Waals surface area contributed by atoms with Crippen molar-refractivity contribution in [2.45, 2.75) is 39.5 Å². The van der Waals surface area contributed by atoms with Crippen molar-refractivity contribution < 1.29 is 0 Å². The fourth-order valence-electron chi connectivity index (χ4n) is 2.00. The third kappa shape index (κ3) is 5.56. The van der Waals surface area contributed by atoms with Gasteiger partial charge in [0.05, 0.1) is 0 Å². The first-order valence-corrected chi connectivity index (χ1v) is 6.70. The molecular formula is C15H24ClN. The van der Waals surface area contributed by atoms with Crippen molar-refractivity contribution in [3.63, 3.8) is 0 Å². The van der Waals surface area contributed by atoms with Crippen molar-refractivity contribution in [2.24, 2.45) is 5.41 Å². The summed E-state index contributed by atoms with van der Waals surface area (Å²) in [6.07, 6.45) is 2.43. The van der Waals surface area contributed by atoms with Gasteiger partial charge in [-0.05, 0) is 48.9 Å². The monoisotopic (exact) mass is 253 g/mol. The van der Waals surface area contributed by atoms with Crippen molar-refractivity contribution in [2.75, 3.05) is 13.6 Å². The molecule has 1 unspecified atom stereocenters. The lowest BCUT2D eigenvalue weighted by atomic mass is 9.84. The maximum atomic E-state index is 6.06. The van der Waals surface area contributed by atoms with Gasteiger partial charge < -0.3 is 5.32 Å². The van der Waals surface area contributed by atoms with Gasteiger partial charge in [-0.1, -0.05) is 44.5 Å². The van der Waals surface area contributed by atoms with Crippen LogP contribution in [0, 0.1) is 5.41 Å². The standard InChI is InChI=1S/C15H24ClN/c1-15(2,3)9-8-13(11-17-4)12-6-5-7-14(16)10-12/h5-7,10,13,17H,8-9,11H2,1-4H3. The molecule has 1 aromatic rings. The fourth-order valence-corrected chi connectivity index (χ4v) is 2.20. The molecule has 1 aromatic carbocycles. The summed E-state index contributed by atoms with van der Waals surface area (Å²) in [6.45, 7) is 7.89. The van der Waals surface area contributed by atoms with Crippen LogP contribution in [-0.2, 0) is 0 Å². The van der Waals surface area contributed by atoms with E-state index in [2.05, 4.69) is 38.2 Å². The molecule has 0 saturated heterocycles. The zero-order valence-electron chi connectivity index (χ0n) is 11.4. The highest BCUT2D eigenvalue weighted by Gasteiger charge is 2.16. The quantitative estimate of drug-likeness (QED) is 0.817. The van der Waals surface area contributed by atoms with E-state index in [9.17, 15) is 0 Å². The molecule has 1 nitrogen and oxygen atoms in total. The molecule has 0 amide bonds. The van der Waals surface area contributed by atoms with Crippen LogP contribution in [0.1, 0.15) is 45.1 Å². The average molecular weight is 254 g/mol. The van der Waals surface area contributed by atoms with Gasteiger partial charge in [-0.25, -0.2) is 0 Å². The molecule has 1 rings (SSSR count). The van der Waals surface area contributed by atoms with E-state index >= 15 is 0 Å². The van der Waals surface area contributed by atoms with Gasteiger partial charge >= 0.3 is 0 Å². The van der Waals surface area contributed by atoms with Crippen molar-refractivity contribution >= 4 is 11.6 Å². The normalized spacial score (nSPS) is 13.7. The Bertz CT molecular complexity index is 341. The van der Waals surface area contributed by atoms with Gasteiger partial charge in [0.15, 0.2) is 0 Å². The van der Waals surface area contributed by atoms with Crippen LogP contribution >= 0.6 is 11.6 Å². The summed E-state index contributed by atoms with van der Waals surface area (Å²) < 4.78 is 0. The molecular weight excluding hydrogens is 230 g/mol. The number of nitrogens with one attached hydrogen (secondary N) is 1. The van der Waals surface area contributed by atoms with E-state index in [-0.39, 0.29) is 0 Å². The molecule has 0 aliphatic carbocycles. The van der Waals surface area contributed by atoms with E-state index in [0.717, 1.165) is 11.6 Å². The minimum atomic E-state index is 0.393. The van der Waals surface area contributed by atoms with Gasteiger partial charge in [0.2, 0.25) is 0 Å². The van der Waals surface area contributed by atoms with Gasteiger partial charge in [0, 0.05) is 11.6 Å². The third-order valence-corrected chi connectivity index (χ3v) is 3.25. The van der Waals surface area contributed by atoms with Crippen LogP contribution < -0.4 is 5.32 Å². The van der Waals surface area contributed by atoms with Gasteiger partial charge in [0.1, 0.15) is 0 Å². The minimum absolute atomic E-state index is 0.393. The zero-order valence-corrected chi connectivity index (χ0v) is 12.1. The molecule has 0 spiro atoms. The minimum Gasteiger partial charge on any atom is -0.319 e. The van der Waals surface area contributed by atoms with Crippen molar-refractivity contribution in [1.82, 2.24) is 5.32 Å². The Hall–Kier alpha value is -0.530. The molecule has 96 valence electrons. The van der Waals surface area contributed by atoms with Gasteiger partial charge in [0.25, 0.3) is 0 Å². The molecule has 0 radical (unpaired) electrons. The first kappa shape index (κ1) is 14.5. The predicted octanol–water partition coefficient (Wildman–Crippen LogP) is 4.47. The third-order valence-electron chi connectivity index (χ3n) is 3.01. The maximum Gasteiger partial charge on any atom is 0.0408 e. The van der Waals surface area contributed by atoms with Crippen LogP contribution in [0.15, 0.2) is 24.3 Å². The van der Waals surface area contributed by atoms with E-state index < -0.39 is 0 Å². The second kappa shape index (κ2) is 6.42. The summed E-state index contributed by atoms with van der Waals surface area (Å²) in [5, 5.41) is 4.11. The Labute approximate surface area is 111 Å². The highest BCUT2D eigenvalue weighted by molar-refractivity contribution is 6.30. The van der Waals surface area contributed by atoms with Crippen LogP contribution in [0.4, 0.5) is 0 Å². The lowest BCUT2D eigenvalue weighted by molar-refractivity contribution is 0.346. The summed E-state index contributed by atoms with van der Waals surface area (Å²) in [7, 11) is 2.01. The average Bonchev–Trinajstić information content (AvgIpc) is 2.23. The van der Waals surface area contributed by atoms with E-state index in [4.69, 9.17) is 11.6 Å². The lowest BCUT2D eigenvalue weighted by Crippen LogP contribution is -2.19. The maximum absolute atomic E-state index is 6.06. The van der Waals surface area contributed by atoms with Gasteiger partial charge in [-0.15, -0.1) is 0 Å². The molecule has 0 bridgehead atoms. The molecule has 0 aromatic heterocycles. The summed E-state index contributed by atoms with van der Waals surface area (Å²) in [5.41, 5.74) is 1.74. The summed E-state index contributed by atoms with van der Waals surface area (Å²) >= 11 is 6.06. The highest BCUT2D eigenvalue weighted by Crippen LogP contribution is 2.29. The van der Waals surface area contributed by atoms with Crippen molar-refractivity contribution in [3.8, 4) is 0 Å². The van der Waals surface area contributed by atoms with E-state index in [0.29, 0.717) is 11.3 Å². The number of hydrogen-bond acceptors (Lipinski definition) is 1. The molecule has 1 N–H and O–H groups in total. The van der Waals surface area contributed by atoms with Crippen molar-refractivity contribution in [3.05, 3.63) is 34.9 Å². The number of likely N-dealkylation sites (N-methyl/N-ethyl adjacent to an activating group) is 1. The zero-order chi connectivity index (χ0) is 12.9. The first-order chi connectivity index (χ1) is 7.92.